The number of amides is 1. The fraction of sp³-hybridized carbons (Fsp3) is 0.400. The van der Waals surface area contributed by atoms with Crippen molar-refractivity contribution in [2.75, 3.05) is 13.1 Å². The van der Waals surface area contributed by atoms with Crippen molar-refractivity contribution >= 4 is 21.8 Å². The topological polar surface area (TPSA) is 99.9 Å². The number of hydrogen-bond donors (Lipinski definition) is 2. The molecule has 4 rings (SSSR count). The fourth-order valence-corrected chi connectivity index (χ4v) is 4.23. The second kappa shape index (κ2) is 8.08. The van der Waals surface area contributed by atoms with Crippen molar-refractivity contribution in [1.29, 1.82) is 0 Å². The quantitative estimate of drug-likeness (QED) is 0.625. The van der Waals surface area contributed by atoms with E-state index in [0.29, 0.717) is 38.0 Å². The predicted molar refractivity (Wildman–Crippen MR) is 110 cm³/mol. The third-order valence-corrected chi connectivity index (χ3v) is 5.94. The highest BCUT2D eigenvalue weighted by Crippen LogP contribution is 2.32. The maximum Gasteiger partial charge on any atom is 0.228 e. The monoisotopic (exact) mass is 458 g/mol. The lowest BCUT2D eigenvalue weighted by Gasteiger charge is -2.24. The summed E-state index contributed by atoms with van der Waals surface area (Å²) in [5, 5.41) is 26.5. The third-order valence-electron chi connectivity index (χ3n) is 5.44. The fourth-order valence-electron chi connectivity index (χ4n) is 3.75. The van der Waals surface area contributed by atoms with Crippen LogP contribution in [0.1, 0.15) is 36.2 Å². The molecule has 29 heavy (non-hydrogen) atoms. The Morgan fingerprint density at radius 1 is 1.31 bits per heavy atom. The molecule has 0 saturated carbocycles. The molecule has 1 fully saturated rings. The number of carbonyl (C=O) groups is 1. The second-order valence-corrected chi connectivity index (χ2v) is 8.42. The molecule has 1 aliphatic heterocycles. The van der Waals surface area contributed by atoms with Crippen molar-refractivity contribution in [3.8, 4) is 5.69 Å². The summed E-state index contributed by atoms with van der Waals surface area (Å²) in [6.45, 7) is 3.11. The highest BCUT2D eigenvalue weighted by molar-refractivity contribution is 9.10. The van der Waals surface area contributed by atoms with E-state index in [-0.39, 0.29) is 12.3 Å². The Hall–Kier alpha value is -2.52. The lowest BCUT2D eigenvalue weighted by Crippen LogP contribution is -2.34. The molecule has 1 aromatic carbocycles. The Morgan fingerprint density at radius 3 is 2.93 bits per heavy atom. The first-order valence-electron chi connectivity index (χ1n) is 9.62. The molecule has 1 saturated heterocycles. The lowest BCUT2D eigenvalue weighted by atomic mass is 9.92. The van der Waals surface area contributed by atoms with Gasteiger partial charge in [0.25, 0.3) is 0 Å². The molecule has 0 spiro atoms. The zero-order chi connectivity index (χ0) is 20.4. The van der Waals surface area contributed by atoms with Gasteiger partial charge < -0.3 is 10.0 Å². The summed E-state index contributed by atoms with van der Waals surface area (Å²) in [6, 6.07) is 7.73. The van der Waals surface area contributed by atoms with Gasteiger partial charge in [-0.25, -0.2) is 4.68 Å². The first kappa shape index (κ1) is 19.8. The molecule has 8 nitrogen and oxygen atoms in total. The minimum absolute atomic E-state index is 0.0349. The van der Waals surface area contributed by atoms with E-state index in [9.17, 15) is 9.90 Å². The molecule has 3 heterocycles. The van der Waals surface area contributed by atoms with Crippen LogP contribution in [0.2, 0.25) is 0 Å². The highest BCUT2D eigenvalue weighted by Gasteiger charge is 2.36. The molecule has 1 amide bonds. The summed E-state index contributed by atoms with van der Waals surface area (Å²) >= 11 is 3.47. The molecule has 0 radical (unpaired) electrons. The van der Waals surface area contributed by atoms with Gasteiger partial charge >= 0.3 is 0 Å². The number of aryl methyl sites for hydroxylation is 1. The predicted octanol–water partition coefficient (Wildman–Crippen LogP) is 2.50. The summed E-state index contributed by atoms with van der Waals surface area (Å²) in [5.41, 5.74) is 2.22. The van der Waals surface area contributed by atoms with Crippen molar-refractivity contribution in [2.45, 2.75) is 38.2 Å². The molecule has 1 atom stereocenters. The number of aliphatic hydroxyl groups is 1. The number of hydrogen-bond acceptors (Lipinski definition) is 5. The molecule has 0 aliphatic carbocycles. The number of benzene rings is 1. The average Bonchev–Trinajstić information content (AvgIpc) is 3.33. The lowest BCUT2D eigenvalue weighted by molar-refractivity contribution is -0.130. The van der Waals surface area contributed by atoms with Gasteiger partial charge in [-0.15, -0.1) is 5.10 Å². The van der Waals surface area contributed by atoms with Gasteiger partial charge in [-0.05, 0) is 56.0 Å². The normalized spacial score (nSPS) is 19.9. The summed E-state index contributed by atoms with van der Waals surface area (Å²) in [5.74, 6) is 0.0349. The van der Waals surface area contributed by atoms with Crippen molar-refractivity contribution < 1.29 is 9.90 Å². The molecule has 3 aromatic rings. The van der Waals surface area contributed by atoms with Gasteiger partial charge in [-0.2, -0.15) is 5.10 Å². The zero-order valence-corrected chi connectivity index (χ0v) is 17.8. The van der Waals surface area contributed by atoms with E-state index < -0.39 is 5.60 Å². The van der Waals surface area contributed by atoms with Gasteiger partial charge in [-0.1, -0.05) is 21.1 Å². The number of carbonyl (C=O) groups excluding carboxylic acids is 1. The van der Waals surface area contributed by atoms with Crippen LogP contribution in [-0.4, -0.2) is 54.2 Å². The number of likely N-dealkylation sites (tertiary alicyclic amines) is 1. The number of H-pyrrole nitrogens is 1. The average molecular weight is 459 g/mol. The van der Waals surface area contributed by atoms with Crippen LogP contribution in [0.25, 0.3) is 5.69 Å². The van der Waals surface area contributed by atoms with Gasteiger partial charge in [0.05, 0.1) is 18.3 Å². The molecule has 1 unspecified atom stereocenters. The third kappa shape index (κ3) is 4.25. The van der Waals surface area contributed by atoms with Crippen molar-refractivity contribution in [3.05, 3.63) is 58.1 Å². The Morgan fingerprint density at radius 2 is 2.17 bits per heavy atom. The van der Waals surface area contributed by atoms with Crippen LogP contribution in [-0.2, 0) is 16.8 Å². The summed E-state index contributed by atoms with van der Waals surface area (Å²) in [7, 11) is 0. The Bertz CT molecular complexity index is 1000. The van der Waals surface area contributed by atoms with Crippen molar-refractivity contribution in [1.82, 2.24) is 30.1 Å². The number of halogens is 1. The zero-order valence-electron chi connectivity index (χ0n) is 16.2. The van der Waals surface area contributed by atoms with E-state index in [2.05, 4.69) is 36.4 Å². The molecule has 0 bridgehead atoms. The van der Waals surface area contributed by atoms with Gasteiger partial charge in [0.2, 0.25) is 5.91 Å². The summed E-state index contributed by atoms with van der Waals surface area (Å²) < 4.78 is 2.70. The molecule has 152 valence electrons. The van der Waals surface area contributed by atoms with Crippen molar-refractivity contribution in [2.24, 2.45) is 0 Å². The number of aromatic nitrogens is 5. The maximum atomic E-state index is 12.6. The minimum Gasteiger partial charge on any atom is -0.383 e. The second-order valence-electron chi connectivity index (χ2n) is 7.50. The van der Waals surface area contributed by atoms with E-state index in [4.69, 9.17) is 0 Å². The highest BCUT2D eigenvalue weighted by atomic mass is 79.9. The van der Waals surface area contributed by atoms with E-state index in [1.54, 1.807) is 23.1 Å². The van der Waals surface area contributed by atoms with Gasteiger partial charge in [-0.3, -0.25) is 9.89 Å². The Balaban J connectivity index is 1.47. The summed E-state index contributed by atoms with van der Waals surface area (Å²) in [4.78, 5) is 14.4. The van der Waals surface area contributed by atoms with Gasteiger partial charge in [0.1, 0.15) is 11.3 Å². The molecular formula is C20H23BrN6O2. The van der Waals surface area contributed by atoms with Gasteiger partial charge in [0.15, 0.2) is 0 Å². The largest absolute Gasteiger partial charge is 0.383 e. The summed E-state index contributed by atoms with van der Waals surface area (Å²) in [6.07, 6.45) is 5.39. The van der Waals surface area contributed by atoms with Gasteiger partial charge in [0, 0.05) is 29.5 Å². The molecule has 1 aliphatic rings. The number of nitrogens with zero attached hydrogens (tertiary/aromatic N) is 5. The Labute approximate surface area is 177 Å². The van der Waals surface area contributed by atoms with Crippen LogP contribution in [0.5, 0.6) is 0 Å². The SMILES string of the molecule is Cc1cc(Br)ccc1-n1cc(C2(O)CCCN(C(=O)Cc3ccn[nH]3)CC2)nn1. The van der Waals surface area contributed by atoms with E-state index in [1.807, 2.05) is 30.0 Å². The van der Waals surface area contributed by atoms with E-state index in [1.165, 1.54) is 0 Å². The van der Waals surface area contributed by atoms with E-state index >= 15 is 0 Å². The van der Waals surface area contributed by atoms with Crippen LogP contribution in [0.3, 0.4) is 0 Å². The molecule has 2 aromatic heterocycles. The first-order chi connectivity index (χ1) is 13.9. The number of nitrogens with one attached hydrogen (secondary N) is 1. The van der Waals surface area contributed by atoms with Crippen LogP contribution in [0, 0.1) is 6.92 Å². The number of aromatic amines is 1. The van der Waals surface area contributed by atoms with Crippen LogP contribution < -0.4 is 0 Å². The number of rotatable bonds is 4. The van der Waals surface area contributed by atoms with Crippen LogP contribution >= 0.6 is 15.9 Å². The van der Waals surface area contributed by atoms with Crippen LogP contribution in [0.15, 0.2) is 41.1 Å². The first-order valence-corrected chi connectivity index (χ1v) is 10.4. The molecule has 2 N–H and O–H groups in total. The Kier molecular flexibility index (Phi) is 5.51. The minimum atomic E-state index is -1.09. The van der Waals surface area contributed by atoms with Crippen molar-refractivity contribution in [3.63, 3.8) is 0 Å². The van der Waals surface area contributed by atoms with Crippen LogP contribution in [0.4, 0.5) is 0 Å². The smallest absolute Gasteiger partial charge is 0.228 e. The molecular weight excluding hydrogens is 436 g/mol. The standard InChI is InChI=1S/C20H23BrN6O2/c1-14-11-15(21)3-4-17(14)27-13-18(24-25-27)20(29)6-2-9-26(10-7-20)19(28)12-16-5-8-22-23-16/h3-5,8,11,13,29H,2,6-7,9-10,12H2,1H3,(H,22,23). The van der Waals surface area contributed by atoms with E-state index in [0.717, 1.165) is 21.4 Å². The molecule has 9 heteroatoms. The maximum absolute atomic E-state index is 12.6.